The second-order valence-electron chi connectivity index (χ2n) is 5.17. The lowest BCUT2D eigenvalue weighted by Crippen LogP contribution is -2.83. The Bertz CT molecular complexity index is 597. The molecule has 2 aliphatic rings. The third kappa shape index (κ3) is 2.00. The molecule has 4 amide bonds. The Morgan fingerprint density at radius 1 is 0.708 bits per heavy atom. The molecule has 130 valence electrons. The SMILES string of the molecule is O=C1CCC(=O)N1C(O)(C(=O)[O-])C(O)(C(=O)[O-])N1C(=O)CCC1=O. The van der Waals surface area contributed by atoms with Crippen LogP contribution in [0.1, 0.15) is 25.7 Å². The standard InChI is InChI=1S/C12H12N2O10/c15-5-1-2-6(16)13(5)11(23,9(19)20)12(24,10(21)22)14-7(17)3-4-8(14)18/h23-24H,1-4H2,(H,19,20)(H,21,22)/p-2. The molecule has 12 heteroatoms. The van der Waals surface area contributed by atoms with E-state index < -0.39 is 82.5 Å². The molecule has 0 aromatic heterocycles. The number of carboxylic acids is 2. The molecule has 0 saturated carbocycles. The predicted molar refractivity (Wildman–Crippen MR) is 62.1 cm³/mol. The van der Waals surface area contributed by atoms with Gasteiger partial charge in [-0.05, 0) is 0 Å². The molecule has 2 fully saturated rings. The number of carbonyl (C=O) groups excluding carboxylic acids is 6. The molecule has 0 bridgehead atoms. The maximum atomic E-state index is 11.7. The molecule has 2 unspecified atom stereocenters. The molecule has 0 aromatic carbocycles. The fourth-order valence-corrected chi connectivity index (χ4v) is 2.65. The molecule has 2 aliphatic heterocycles. The van der Waals surface area contributed by atoms with E-state index in [-0.39, 0.29) is 0 Å². The van der Waals surface area contributed by atoms with E-state index in [1.54, 1.807) is 0 Å². The van der Waals surface area contributed by atoms with Crippen LogP contribution in [0, 0.1) is 0 Å². The average Bonchev–Trinajstić information content (AvgIpc) is 2.99. The fraction of sp³-hybridized carbons (Fsp3) is 0.500. The van der Waals surface area contributed by atoms with E-state index in [9.17, 15) is 49.2 Å². The first-order valence-corrected chi connectivity index (χ1v) is 6.59. The monoisotopic (exact) mass is 342 g/mol. The van der Waals surface area contributed by atoms with Gasteiger partial charge in [0.15, 0.2) is 0 Å². The minimum Gasteiger partial charge on any atom is -0.545 e. The van der Waals surface area contributed by atoms with Gasteiger partial charge in [-0.1, -0.05) is 0 Å². The highest BCUT2D eigenvalue weighted by atomic mass is 16.5. The minimum atomic E-state index is -4.26. The summed E-state index contributed by atoms with van der Waals surface area (Å²) in [6, 6.07) is 0. The summed E-state index contributed by atoms with van der Waals surface area (Å²) in [4.78, 5) is 68.8. The first kappa shape index (κ1) is 17.5. The molecule has 2 rings (SSSR count). The zero-order valence-corrected chi connectivity index (χ0v) is 11.9. The summed E-state index contributed by atoms with van der Waals surface area (Å²) in [5, 5.41) is 43.5. The van der Waals surface area contributed by atoms with E-state index in [2.05, 4.69) is 0 Å². The Balaban J connectivity index is 2.74. The zero-order valence-electron chi connectivity index (χ0n) is 11.9. The number of likely N-dealkylation sites (tertiary alicyclic amines) is 2. The first-order chi connectivity index (χ1) is 11.0. The highest BCUT2D eigenvalue weighted by Crippen LogP contribution is 2.36. The maximum absolute atomic E-state index is 11.7. The number of carbonyl (C=O) groups is 6. The maximum Gasteiger partial charge on any atom is 0.243 e. The van der Waals surface area contributed by atoms with Gasteiger partial charge in [0.2, 0.25) is 35.1 Å². The number of carboxylic acid groups (broad SMARTS) is 2. The Morgan fingerprint density at radius 2 is 0.917 bits per heavy atom. The number of rotatable bonds is 5. The molecule has 0 radical (unpaired) electrons. The number of nitrogens with zero attached hydrogens (tertiary/aromatic N) is 2. The van der Waals surface area contributed by atoms with Crippen molar-refractivity contribution in [3.63, 3.8) is 0 Å². The van der Waals surface area contributed by atoms with Gasteiger partial charge < -0.3 is 30.0 Å². The van der Waals surface area contributed by atoms with Crippen LogP contribution in [0.5, 0.6) is 0 Å². The summed E-state index contributed by atoms with van der Waals surface area (Å²) in [5.74, 6) is -10.9. The molecule has 0 aromatic rings. The molecule has 0 aliphatic carbocycles. The minimum absolute atomic E-state index is 0.447. The van der Waals surface area contributed by atoms with E-state index in [0.29, 0.717) is 0 Å². The van der Waals surface area contributed by atoms with Gasteiger partial charge in [-0.2, -0.15) is 0 Å². The number of hydrogen-bond donors (Lipinski definition) is 2. The van der Waals surface area contributed by atoms with Crippen LogP contribution >= 0.6 is 0 Å². The molecule has 2 N–H and O–H groups in total. The highest BCUT2D eigenvalue weighted by molar-refractivity contribution is 6.11. The van der Waals surface area contributed by atoms with Crippen molar-refractivity contribution in [2.75, 3.05) is 0 Å². The van der Waals surface area contributed by atoms with Crippen LogP contribution in [-0.4, -0.2) is 67.0 Å². The van der Waals surface area contributed by atoms with Gasteiger partial charge in [0.25, 0.3) is 0 Å². The van der Waals surface area contributed by atoms with Crippen LogP contribution in [0.25, 0.3) is 0 Å². The van der Waals surface area contributed by atoms with E-state index in [4.69, 9.17) is 0 Å². The number of amides is 4. The number of hydrogen-bond acceptors (Lipinski definition) is 10. The molecule has 2 atom stereocenters. The summed E-state index contributed by atoms with van der Waals surface area (Å²) in [5.41, 5.74) is -8.52. The van der Waals surface area contributed by atoms with Crippen molar-refractivity contribution < 1.29 is 49.2 Å². The van der Waals surface area contributed by atoms with Crippen molar-refractivity contribution in [2.24, 2.45) is 0 Å². The molecular formula is C12H10N2O10-2. The van der Waals surface area contributed by atoms with Crippen LogP contribution in [0.2, 0.25) is 0 Å². The van der Waals surface area contributed by atoms with Gasteiger partial charge in [-0.25, -0.2) is 9.80 Å². The Labute approximate surface area is 132 Å². The van der Waals surface area contributed by atoms with Gasteiger partial charge in [0.05, 0.1) is 11.9 Å². The van der Waals surface area contributed by atoms with Crippen molar-refractivity contribution in [3.8, 4) is 0 Å². The lowest BCUT2D eigenvalue weighted by molar-refractivity contribution is -0.380. The molecule has 2 heterocycles. The van der Waals surface area contributed by atoms with Gasteiger partial charge in [0, 0.05) is 25.7 Å². The van der Waals surface area contributed by atoms with Crippen LogP contribution in [0.3, 0.4) is 0 Å². The number of aliphatic hydroxyl groups is 2. The van der Waals surface area contributed by atoms with Crippen molar-refractivity contribution >= 4 is 35.6 Å². The largest absolute Gasteiger partial charge is 0.545 e. The van der Waals surface area contributed by atoms with Crippen LogP contribution in [0.15, 0.2) is 0 Å². The van der Waals surface area contributed by atoms with Gasteiger partial charge in [0.1, 0.15) is 0 Å². The first-order valence-electron chi connectivity index (χ1n) is 6.59. The zero-order chi connectivity index (χ0) is 18.4. The molecule has 24 heavy (non-hydrogen) atoms. The van der Waals surface area contributed by atoms with E-state index in [1.165, 1.54) is 0 Å². The summed E-state index contributed by atoms with van der Waals surface area (Å²) in [6.07, 6.45) is -2.34. The van der Waals surface area contributed by atoms with Crippen molar-refractivity contribution in [1.82, 2.24) is 9.80 Å². The van der Waals surface area contributed by atoms with Crippen LogP contribution < -0.4 is 10.2 Å². The van der Waals surface area contributed by atoms with Crippen LogP contribution in [-0.2, 0) is 28.8 Å². The number of aliphatic carboxylic acids is 2. The Hall–Kier alpha value is -2.86. The second kappa shape index (κ2) is 5.35. The second-order valence-corrected chi connectivity index (χ2v) is 5.17. The van der Waals surface area contributed by atoms with E-state index in [0.717, 1.165) is 0 Å². The topological polar surface area (TPSA) is 195 Å². The Morgan fingerprint density at radius 3 is 1.08 bits per heavy atom. The molecule has 12 nitrogen and oxygen atoms in total. The summed E-state index contributed by atoms with van der Waals surface area (Å²) < 4.78 is 0. The number of imide groups is 2. The van der Waals surface area contributed by atoms with Crippen molar-refractivity contribution in [1.29, 1.82) is 0 Å². The predicted octanol–water partition coefficient (Wildman–Crippen LogP) is -5.84. The van der Waals surface area contributed by atoms with E-state index >= 15 is 0 Å². The smallest absolute Gasteiger partial charge is 0.243 e. The molecular weight excluding hydrogens is 332 g/mol. The summed E-state index contributed by atoms with van der Waals surface area (Å²) >= 11 is 0. The quantitative estimate of drug-likeness (QED) is 0.454. The van der Waals surface area contributed by atoms with Gasteiger partial charge >= 0.3 is 0 Å². The van der Waals surface area contributed by atoms with Crippen LogP contribution in [0.4, 0.5) is 0 Å². The molecule has 2 saturated heterocycles. The third-order valence-electron chi connectivity index (χ3n) is 3.81. The average molecular weight is 342 g/mol. The lowest BCUT2D eigenvalue weighted by Gasteiger charge is -2.50. The fourth-order valence-electron chi connectivity index (χ4n) is 2.65. The Kier molecular flexibility index (Phi) is 3.90. The van der Waals surface area contributed by atoms with Crippen molar-refractivity contribution in [2.45, 2.75) is 37.1 Å². The molecule has 0 spiro atoms. The summed E-state index contributed by atoms with van der Waals surface area (Å²) in [6.45, 7) is 0. The lowest BCUT2D eigenvalue weighted by atomic mass is 9.95. The van der Waals surface area contributed by atoms with Gasteiger partial charge in [-0.3, -0.25) is 19.2 Å². The van der Waals surface area contributed by atoms with E-state index in [1.807, 2.05) is 0 Å². The summed E-state index contributed by atoms with van der Waals surface area (Å²) in [7, 11) is 0. The van der Waals surface area contributed by atoms with Gasteiger partial charge in [-0.15, -0.1) is 0 Å². The van der Waals surface area contributed by atoms with Crippen molar-refractivity contribution in [3.05, 3.63) is 0 Å². The normalized spacial score (nSPS) is 23.4. The highest BCUT2D eigenvalue weighted by Gasteiger charge is 2.67. The third-order valence-corrected chi connectivity index (χ3v) is 3.81.